The van der Waals surface area contributed by atoms with E-state index < -0.39 is 12.2 Å². The van der Waals surface area contributed by atoms with E-state index in [1.807, 2.05) is 0 Å². The van der Waals surface area contributed by atoms with E-state index in [4.69, 9.17) is 20.1 Å². The van der Waals surface area contributed by atoms with Gasteiger partial charge in [0, 0.05) is 0 Å². The molecule has 11 heavy (non-hydrogen) atoms. The van der Waals surface area contributed by atoms with Crippen LogP contribution in [0.15, 0.2) is 0 Å². The van der Waals surface area contributed by atoms with Gasteiger partial charge in [-0.1, -0.05) is 0 Å². The van der Waals surface area contributed by atoms with Gasteiger partial charge in [-0.25, -0.2) is 0 Å². The first kappa shape index (κ1) is 10.8. The molecule has 3 unspecified atom stereocenters. The molecule has 0 amide bonds. The molecule has 0 rings (SSSR count). The number of aliphatic hydroxyl groups is 3. The van der Waals surface area contributed by atoms with Crippen molar-refractivity contribution in [1.82, 2.24) is 0 Å². The van der Waals surface area contributed by atoms with Crippen LogP contribution in [-0.4, -0.2) is 46.8 Å². The maximum Gasteiger partial charge on any atom is 0.103 e. The second kappa shape index (κ2) is 5.49. The first-order valence-corrected chi connectivity index (χ1v) is 3.67. The molecule has 0 saturated heterocycles. The van der Waals surface area contributed by atoms with Gasteiger partial charge in [-0.2, -0.15) is 0 Å². The number of aliphatic hydroxyl groups excluding tert-OH is 3. The second-order valence-corrected chi connectivity index (χ2v) is 2.58. The van der Waals surface area contributed by atoms with E-state index in [9.17, 15) is 0 Å². The molecule has 0 aromatic carbocycles. The molecule has 0 radical (unpaired) electrons. The minimum Gasteiger partial charge on any atom is -0.394 e. The lowest BCUT2D eigenvalue weighted by Gasteiger charge is -2.20. The van der Waals surface area contributed by atoms with Crippen LogP contribution in [-0.2, 0) is 4.74 Å². The van der Waals surface area contributed by atoms with Crippen molar-refractivity contribution in [2.75, 3.05) is 13.2 Å². The predicted molar refractivity (Wildman–Crippen MR) is 40.2 cm³/mol. The van der Waals surface area contributed by atoms with Gasteiger partial charge < -0.3 is 20.1 Å². The summed E-state index contributed by atoms with van der Waals surface area (Å²) in [6, 6.07) is 0. The summed E-state index contributed by atoms with van der Waals surface area (Å²) in [6.45, 7) is 2.94. The summed E-state index contributed by atoms with van der Waals surface area (Å²) in [6.07, 6.45) is -1.61. The molecule has 0 aliphatic heterocycles. The predicted octanol–water partition coefficient (Wildman–Crippen LogP) is -0.875. The molecule has 0 aliphatic carbocycles. The van der Waals surface area contributed by atoms with Crippen molar-refractivity contribution in [3.63, 3.8) is 0 Å². The average molecular weight is 164 g/mol. The minimum atomic E-state index is -0.871. The third-order valence-electron chi connectivity index (χ3n) is 1.43. The highest BCUT2D eigenvalue weighted by atomic mass is 16.5. The topological polar surface area (TPSA) is 69.9 Å². The lowest BCUT2D eigenvalue weighted by Crippen LogP contribution is -2.33. The monoisotopic (exact) mass is 164 g/mol. The second-order valence-electron chi connectivity index (χ2n) is 2.58. The molecular formula is C7H16O4. The Balaban J connectivity index is 3.58. The summed E-state index contributed by atoms with van der Waals surface area (Å²) in [5.41, 5.74) is 0. The Labute approximate surface area is 66.4 Å². The maximum atomic E-state index is 9.01. The fourth-order valence-electron chi connectivity index (χ4n) is 0.649. The summed E-state index contributed by atoms with van der Waals surface area (Å²) in [7, 11) is 0. The fraction of sp³-hybridized carbons (Fsp3) is 1.00. The number of rotatable bonds is 5. The number of ether oxygens (including phenoxy) is 1. The van der Waals surface area contributed by atoms with Crippen molar-refractivity contribution in [2.45, 2.75) is 32.2 Å². The van der Waals surface area contributed by atoms with Crippen LogP contribution in [0.1, 0.15) is 13.8 Å². The van der Waals surface area contributed by atoms with Crippen molar-refractivity contribution >= 4 is 0 Å². The molecule has 68 valence electrons. The SMILES string of the molecule is CC(CO)OC(C)C(O)CO. The van der Waals surface area contributed by atoms with Crippen molar-refractivity contribution in [1.29, 1.82) is 0 Å². The molecule has 0 aromatic heterocycles. The van der Waals surface area contributed by atoms with E-state index in [1.54, 1.807) is 13.8 Å². The van der Waals surface area contributed by atoms with Crippen LogP contribution in [0.25, 0.3) is 0 Å². The van der Waals surface area contributed by atoms with Crippen molar-refractivity contribution in [3.05, 3.63) is 0 Å². The normalized spacial score (nSPS) is 19.4. The quantitative estimate of drug-likeness (QED) is 0.494. The van der Waals surface area contributed by atoms with Crippen LogP contribution < -0.4 is 0 Å². The smallest absolute Gasteiger partial charge is 0.103 e. The van der Waals surface area contributed by atoms with Crippen LogP contribution in [0.3, 0.4) is 0 Å². The molecule has 0 aliphatic rings. The standard InChI is InChI=1S/C7H16O4/c1-5(3-8)11-6(2)7(10)4-9/h5-10H,3-4H2,1-2H3. The highest BCUT2D eigenvalue weighted by molar-refractivity contribution is 4.63. The zero-order valence-corrected chi connectivity index (χ0v) is 6.90. The van der Waals surface area contributed by atoms with Gasteiger partial charge in [0.1, 0.15) is 6.10 Å². The summed E-state index contributed by atoms with van der Waals surface area (Å²) < 4.78 is 5.09. The molecule has 3 N–H and O–H groups in total. The van der Waals surface area contributed by atoms with E-state index in [1.165, 1.54) is 0 Å². The maximum absolute atomic E-state index is 9.01. The van der Waals surface area contributed by atoms with Gasteiger partial charge in [0.15, 0.2) is 0 Å². The van der Waals surface area contributed by atoms with E-state index in [0.29, 0.717) is 0 Å². The Morgan fingerprint density at radius 1 is 1.18 bits per heavy atom. The van der Waals surface area contributed by atoms with Crippen LogP contribution in [0.5, 0.6) is 0 Å². The van der Waals surface area contributed by atoms with Gasteiger partial charge in [0.05, 0.1) is 25.4 Å². The van der Waals surface area contributed by atoms with Gasteiger partial charge in [-0.15, -0.1) is 0 Å². The van der Waals surface area contributed by atoms with Crippen LogP contribution in [0.4, 0.5) is 0 Å². The molecule has 0 fully saturated rings. The van der Waals surface area contributed by atoms with Gasteiger partial charge in [0.25, 0.3) is 0 Å². The molecule has 0 spiro atoms. The largest absolute Gasteiger partial charge is 0.394 e. The van der Waals surface area contributed by atoms with E-state index >= 15 is 0 Å². The Kier molecular flexibility index (Phi) is 5.41. The molecule has 3 atom stereocenters. The Bertz CT molecular complexity index is 96.4. The number of hydrogen-bond donors (Lipinski definition) is 3. The van der Waals surface area contributed by atoms with Crippen LogP contribution in [0.2, 0.25) is 0 Å². The van der Waals surface area contributed by atoms with E-state index in [0.717, 1.165) is 0 Å². The first-order valence-electron chi connectivity index (χ1n) is 3.67. The summed E-state index contributed by atoms with van der Waals surface area (Å²) >= 11 is 0. The zero-order valence-electron chi connectivity index (χ0n) is 6.90. The average Bonchev–Trinajstić information content (AvgIpc) is 2.02. The van der Waals surface area contributed by atoms with Gasteiger partial charge in [-0.05, 0) is 13.8 Å². The van der Waals surface area contributed by atoms with Crippen molar-refractivity contribution in [3.8, 4) is 0 Å². The Morgan fingerprint density at radius 3 is 2.09 bits per heavy atom. The molecule has 0 heterocycles. The highest BCUT2D eigenvalue weighted by Gasteiger charge is 2.15. The molecular weight excluding hydrogens is 148 g/mol. The first-order chi connectivity index (χ1) is 5.11. The zero-order chi connectivity index (χ0) is 8.85. The Morgan fingerprint density at radius 2 is 1.73 bits per heavy atom. The van der Waals surface area contributed by atoms with Crippen LogP contribution in [0, 0.1) is 0 Å². The molecule has 0 aromatic rings. The van der Waals surface area contributed by atoms with Crippen molar-refractivity contribution < 1.29 is 20.1 Å². The van der Waals surface area contributed by atoms with Crippen molar-refractivity contribution in [2.24, 2.45) is 0 Å². The lowest BCUT2D eigenvalue weighted by molar-refractivity contribution is -0.0887. The number of hydrogen-bond acceptors (Lipinski definition) is 4. The summed E-state index contributed by atoms with van der Waals surface area (Å²) in [5, 5.41) is 26.1. The molecule has 4 heteroatoms. The third-order valence-corrected chi connectivity index (χ3v) is 1.43. The van der Waals surface area contributed by atoms with Gasteiger partial charge >= 0.3 is 0 Å². The van der Waals surface area contributed by atoms with Gasteiger partial charge in [-0.3, -0.25) is 0 Å². The molecule has 0 saturated carbocycles. The highest BCUT2D eigenvalue weighted by Crippen LogP contribution is 2.01. The molecule has 0 bridgehead atoms. The van der Waals surface area contributed by atoms with E-state index in [2.05, 4.69) is 0 Å². The lowest BCUT2D eigenvalue weighted by atomic mass is 10.2. The Hall–Kier alpha value is -0.160. The third kappa shape index (κ3) is 4.31. The summed E-state index contributed by atoms with van der Waals surface area (Å²) in [4.78, 5) is 0. The minimum absolute atomic E-state index is 0.0809. The summed E-state index contributed by atoms with van der Waals surface area (Å²) in [5.74, 6) is 0. The van der Waals surface area contributed by atoms with Gasteiger partial charge in [0.2, 0.25) is 0 Å². The van der Waals surface area contributed by atoms with E-state index in [-0.39, 0.29) is 19.3 Å². The fourth-order valence-corrected chi connectivity index (χ4v) is 0.649. The van der Waals surface area contributed by atoms with Crippen LogP contribution >= 0.6 is 0 Å². The molecule has 4 nitrogen and oxygen atoms in total.